The van der Waals surface area contributed by atoms with Gasteiger partial charge in [0, 0.05) is 22.5 Å². The van der Waals surface area contributed by atoms with Crippen molar-refractivity contribution in [3.8, 4) is 0 Å². The summed E-state index contributed by atoms with van der Waals surface area (Å²) in [5.74, 6) is 0.373. The number of halogens is 2. The molecular weight excluding hydrogens is 393 g/mol. The average Bonchev–Trinajstić information content (AvgIpc) is 3.45. The van der Waals surface area contributed by atoms with Crippen LogP contribution < -0.4 is 0 Å². The Hall–Kier alpha value is -1.81. The standard InChI is InChI=1S/C22H19BrFNO/c23-14-5-3-12(4-6-14)20-19(26)10-9-17-16-8-7-15(24)11-18(16)22(20)25-21(17)13-1-2-13/h3-8,11,13,17,20,22H,1-2,9-10H2. The minimum Gasteiger partial charge on any atom is -0.299 e. The van der Waals surface area contributed by atoms with Gasteiger partial charge in [-0.05, 0) is 66.1 Å². The fourth-order valence-corrected chi connectivity index (χ4v) is 4.85. The third-order valence-corrected chi connectivity index (χ3v) is 6.48. The second-order valence-corrected chi connectivity index (χ2v) is 8.55. The molecule has 0 spiro atoms. The average molecular weight is 412 g/mol. The Morgan fingerprint density at radius 2 is 1.77 bits per heavy atom. The van der Waals surface area contributed by atoms with Gasteiger partial charge in [-0.3, -0.25) is 9.79 Å². The first-order valence-corrected chi connectivity index (χ1v) is 10.1. The highest BCUT2D eigenvalue weighted by molar-refractivity contribution is 9.10. The zero-order valence-electron chi connectivity index (χ0n) is 14.3. The van der Waals surface area contributed by atoms with E-state index in [0.29, 0.717) is 12.3 Å². The van der Waals surface area contributed by atoms with Crippen LogP contribution in [0.5, 0.6) is 0 Å². The van der Waals surface area contributed by atoms with Crippen molar-refractivity contribution in [2.75, 3.05) is 0 Å². The summed E-state index contributed by atoms with van der Waals surface area (Å²) in [4.78, 5) is 18.2. The van der Waals surface area contributed by atoms with Crippen LogP contribution in [0.2, 0.25) is 0 Å². The number of ketones is 1. The van der Waals surface area contributed by atoms with E-state index in [1.807, 2.05) is 30.3 Å². The van der Waals surface area contributed by atoms with Gasteiger partial charge < -0.3 is 0 Å². The molecule has 4 heteroatoms. The quantitative estimate of drug-likeness (QED) is 0.620. The molecule has 0 aromatic heterocycles. The second-order valence-electron chi connectivity index (χ2n) is 7.63. The largest absolute Gasteiger partial charge is 0.299 e. The third-order valence-electron chi connectivity index (χ3n) is 5.95. The summed E-state index contributed by atoms with van der Waals surface area (Å²) in [6.45, 7) is 0. The van der Waals surface area contributed by atoms with Gasteiger partial charge in [-0.1, -0.05) is 34.1 Å². The normalized spacial score (nSPS) is 27.5. The number of Topliss-reactive ketones (excluding diaryl/α,β-unsaturated/α-hetero) is 1. The molecule has 2 aliphatic carbocycles. The molecule has 2 aliphatic heterocycles. The van der Waals surface area contributed by atoms with Gasteiger partial charge in [0.15, 0.2) is 0 Å². The van der Waals surface area contributed by atoms with E-state index in [4.69, 9.17) is 4.99 Å². The molecule has 2 bridgehead atoms. The summed E-state index contributed by atoms with van der Waals surface area (Å²) >= 11 is 3.46. The lowest BCUT2D eigenvalue weighted by molar-refractivity contribution is -0.121. The fraction of sp³-hybridized carbons (Fsp3) is 0.364. The van der Waals surface area contributed by atoms with Crippen LogP contribution in [-0.2, 0) is 4.79 Å². The fourth-order valence-electron chi connectivity index (χ4n) is 4.58. The molecule has 6 rings (SSSR count). The number of benzene rings is 2. The Bertz CT molecular complexity index is 916. The Kier molecular flexibility index (Phi) is 3.85. The van der Waals surface area contributed by atoms with E-state index in [-0.39, 0.29) is 29.5 Å². The monoisotopic (exact) mass is 411 g/mol. The molecule has 0 amide bonds. The first kappa shape index (κ1) is 16.4. The molecule has 0 saturated heterocycles. The third kappa shape index (κ3) is 2.66. The molecule has 0 radical (unpaired) electrons. The molecular formula is C22H19BrFNO. The highest BCUT2D eigenvalue weighted by Gasteiger charge is 2.44. The van der Waals surface area contributed by atoms with Crippen molar-refractivity contribution in [2.45, 2.75) is 43.6 Å². The van der Waals surface area contributed by atoms with Crippen molar-refractivity contribution in [1.82, 2.24) is 0 Å². The van der Waals surface area contributed by atoms with E-state index < -0.39 is 0 Å². The summed E-state index contributed by atoms with van der Waals surface area (Å²) in [6.07, 6.45) is 3.72. The maximum atomic E-state index is 14.1. The highest BCUT2D eigenvalue weighted by atomic mass is 79.9. The summed E-state index contributed by atoms with van der Waals surface area (Å²) in [6, 6.07) is 12.7. The van der Waals surface area contributed by atoms with Gasteiger partial charge in [-0.25, -0.2) is 4.39 Å². The summed E-state index contributed by atoms with van der Waals surface area (Å²) < 4.78 is 15.0. The van der Waals surface area contributed by atoms with Crippen molar-refractivity contribution in [3.05, 3.63) is 69.4 Å². The number of hydrogen-bond acceptors (Lipinski definition) is 2. The molecule has 26 heavy (non-hydrogen) atoms. The van der Waals surface area contributed by atoms with Gasteiger partial charge in [-0.15, -0.1) is 0 Å². The van der Waals surface area contributed by atoms with Crippen molar-refractivity contribution in [3.63, 3.8) is 0 Å². The van der Waals surface area contributed by atoms with Gasteiger partial charge in [-0.2, -0.15) is 0 Å². The number of aliphatic imine (C=N–C) groups is 1. The number of fused-ring (bicyclic) bond motifs is 3. The molecule has 0 N–H and O–H groups in total. The predicted molar refractivity (Wildman–Crippen MR) is 103 cm³/mol. The molecule has 1 fully saturated rings. The van der Waals surface area contributed by atoms with E-state index in [1.165, 1.54) is 24.1 Å². The molecule has 2 aromatic rings. The molecule has 2 nitrogen and oxygen atoms in total. The van der Waals surface area contributed by atoms with Crippen LogP contribution in [0.25, 0.3) is 0 Å². The molecule has 1 saturated carbocycles. The molecule has 132 valence electrons. The minimum atomic E-state index is -0.335. The van der Waals surface area contributed by atoms with Crippen LogP contribution in [0.15, 0.2) is 51.9 Å². The summed E-state index contributed by atoms with van der Waals surface area (Å²) in [5.41, 5.74) is 4.31. The van der Waals surface area contributed by atoms with Crippen LogP contribution >= 0.6 is 15.9 Å². The molecule has 3 atom stereocenters. The number of nitrogens with zero attached hydrogens (tertiary/aromatic N) is 1. The van der Waals surface area contributed by atoms with Crippen LogP contribution in [-0.4, -0.2) is 11.5 Å². The first-order chi connectivity index (χ1) is 12.6. The number of hydrogen-bond donors (Lipinski definition) is 0. The maximum Gasteiger partial charge on any atom is 0.142 e. The Balaban J connectivity index is 1.71. The number of carbonyl (C=O) groups excluding carboxylic acids is 1. The number of carbonyl (C=O) groups is 1. The molecule has 4 aliphatic rings. The van der Waals surface area contributed by atoms with Crippen LogP contribution in [0.1, 0.15) is 60.3 Å². The van der Waals surface area contributed by atoms with Crippen LogP contribution in [0, 0.1) is 11.7 Å². The van der Waals surface area contributed by atoms with Crippen molar-refractivity contribution in [1.29, 1.82) is 0 Å². The van der Waals surface area contributed by atoms with Crippen molar-refractivity contribution >= 4 is 27.4 Å². The Labute approximate surface area is 160 Å². The van der Waals surface area contributed by atoms with Gasteiger partial charge in [0.25, 0.3) is 0 Å². The zero-order chi connectivity index (χ0) is 17.8. The molecule has 2 aromatic carbocycles. The van der Waals surface area contributed by atoms with E-state index in [0.717, 1.165) is 22.0 Å². The summed E-state index contributed by atoms with van der Waals surface area (Å²) in [5, 5.41) is 0. The van der Waals surface area contributed by atoms with Crippen LogP contribution in [0.4, 0.5) is 4.39 Å². The highest BCUT2D eigenvalue weighted by Crippen LogP contribution is 2.51. The molecule has 2 heterocycles. The van der Waals surface area contributed by atoms with Crippen LogP contribution in [0.3, 0.4) is 0 Å². The zero-order valence-corrected chi connectivity index (χ0v) is 15.9. The van der Waals surface area contributed by atoms with E-state index >= 15 is 0 Å². The molecule has 3 unspecified atom stereocenters. The predicted octanol–water partition coefficient (Wildman–Crippen LogP) is 5.72. The number of rotatable bonds is 2. The summed E-state index contributed by atoms with van der Waals surface area (Å²) in [7, 11) is 0. The lowest BCUT2D eigenvalue weighted by Gasteiger charge is -2.37. The van der Waals surface area contributed by atoms with Crippen molar-refractivity contribution < 1.29 is 9.18 Å². The first-order valence-electron chi connectivity index (χ1n) is 9.27. The van der Waals surface area contributed by atoms with E-state index in [1.54, 1.807) is 12.1 Å². The van der Waals surface area contributed by atoms with Gasteiger partial charge >= 0.3 is 0 Å². The smallest absolute Gasteiger partial charge is 0.142 e. The second kappa shape index (κ2) is 6.12. The van der Waals surface area contributed by atoms with E-state index in [2.05, 4.69) is 15.9 Å². The Morgan fingerprint density at radius 3 is 2.50 bits per heavy atom. The van der Waals surface area contributed by atoms with E-state index in [9.17, 15) is 9.18 Å². The van der Waals surface area contributed by atoms with Gasteiger partial charge in [0.2, 0.25) is 0 Å². The lowest BCUT2D eigenvalue weighted by atomic mass is 9.71. The lowest BCUT2D eigenvalue weighted by Crippen LogP contribution is -2.32. The van der Waals surface area contributed by atoms with Gasteiger partial charge in [0.1, 0.15) is 11.6 Å². The Morgan fingerprint density at radius 1 is 1.00 bits per heavy atom. The van der Waals surface area contributed by atoms with Crippen molar-refractivity contribution in [2.24, 2.45) is 10.9 Å². The minimum absolute atomic E-state index is 0.184. The SMILES string of the molecule is O=C1CCC2C(C3CC3)=NC(c3cc(F)ccc32)C1c1ccc(Br)cc1. The maximum absolute atomic E-state index is 14.1. The topological polar surface area (TPSA) is 29.4 Å². The van der Waals surface area contributed by atoms with Gasteiger partial charge in [0.05, 0.1) is 12.0 Å².